The maximum atomic E-state index is 12.9. The molecule has 1 heterocycles. The Kier molecular flexibility index (Phi) is 10.7. The second kappa shape index (κ2) is 13.3. The van der Waals surface area contributed by atoms with Gasteiger partial charge in [-0.3, -0.25) is 4.99 Å². The van der Waals surface area contributed by atoms with Crippen LogP contribution in [0.5, 0.6) is 0 Å². The van der Waals surface area contributed by atoms with Crippen LogP contribution in [-0.2, 0) is 13.1 Å². The van der Waals surface area contributed by atoms with Crippen molar-refractivity contribution in [3.63, 3.8) is 0 Å². The number of thioether (sulfide) groups is 1. The minimum absolute atomic E-state index is 0. The molecule has 0 amide bonds. The summed E-state index contributed by atoms with van der Waals surface area (Å²) in [5.41, 5.74) is 2.45. The van der Waals surface area contributed by atoms with Crippen LogP contribution in [0.3, 0.4) is 0 Å². The van der Waals surface area contributed by atoms with Gasteiger partial charge < -0.3 is 15.2 Å². The highest BCUT2D eigenvalue weighted by molar-refractivity contribution is 14.0. The number of nitrogens with zero attached hydrogens (tertiary/aromatic N) is 3. The third-order valence-electron chi connectivity index (χ3n) is 4.33. The molecule has 0 aliphatic heterocycles. The van der Waals surface area contributed by atoms with Crippen LogP contribution in [0.25, 0.3) is 0 Å². The molecule has 1 aromatic heterocycles. The van der Waals surface area contributed by atoms with Crippen molar-refractivity contribution < 1.29 is 4.39 Å². The average Bonchev–Trinajstić information content (AvgIpc) is 3.25. The van der Waals surface area contributed by atoms with E-state index in [2.05, 4.69) is 44.9 Å². The topological polar surface area (TPSA) is 54.2 Å². The van der Waals surface area contributed by atoms with Crippen molar-refractivity contribution in [1.29, 1.82) is 0 Å². The number of imidazole rings is 1. The number of guanidine groups is 1. The summed E-state index contributed by atoms with van der Waals surface area (Å²) >= 11 is 1.73. The van der Waals surface area contributed by atoms with Crippen molar-refractivity contribution in [1.82, 2.24) is 20.2 Å². The van der Waals surface area contributed by atoms with E-state index in [1.54, 1.807) is 25.0 Å². The van der Waals surface area contributed by atoms with E-state index in [0.717, 1.165) is 42.7 Å². The van der Waals surface area contributed by atoms with Crippen LogP contribution in [0, 0.1) is 5.82 Å². The SMILES string of the molecule is CN=C(NCCCSc1ccc(F)cc1)NCc1ccc(Cn2ccnc2)cc1.I. The Balaban J connectivity index is 0.00000320. The monoisotopic (exact) mass is 539 g/mol. The lowest BCUT2D eigenvalue weighted by molar-refractivity contribution is 0.626. The van der Waals surface area contributed by atoms with Gasteiger partial charge in [0.15, 0.2) is 5.96 Å². The molecule has 3 aromatic rings. The van der Waals surface area contributed by atoms with E-state index < -0.39 is 0 Å². The normalized spacial score (nSPS) is 11.1. The fourth-order valence-electron chi connectivity index (χ4n) is 2.76. The van der Waals surface area contributed by atoms with Gasteiger partial charge in [0.25, 0.3) is 0 Å². The van der Waals surface area contributed by atoms with E-state index in [4.69, 9.17) is 0 Å². The molecule has 5 nitrogen and oxygen atoms in total. The molecule has 30 heavy (non-hydrogen) atoms. The summed E-state index contributed by atoms with van der Waals surface area (Å²) < 4.78 is 15.0. The van der Waals surface area contributed by atoms with Gasteiger partial charge in [0.05, 0.1) is 6.33 Å². The van der Waals surface area contributed by atoms with Crippen molar-refractivity contribution in [2.24, 2.45) is 4.99 Å². The molecular formula is C22H27FIN5S. The summed E-state index contributed by atoms with van der Waals surface area (Å²) in [6.45, 7) is 2.37. The number of hydrogen-bond donors (Lipinski definition) is 2. The zero-order chi connectivity index (χ0) is 20.3. The zero-order valence-electron chi connectivity index (χ0n) is 16.9. The first kappa shape index (κ1) is 24.2. The number of halogens is 2. The molecule has 2 N–H and O–H groups in total. The highest BCUT2D eigenvalue weighted by atomic mass is 127. The standard InChI is InChI=1S/C22H26FN5S.HI/c1-24-22(26-11-2-14-29-21-9-7-20(23)8-10-21)27-15-18-3-5-19(6-4-18)16-28-13-12-25-17-28;/h3-10,12-13,17H,2,11,14-16H2,1H3,(H2,24,26,27);1H. The van der Waals surface area contributed by atoms with Crippen LogP contribution < -0.4 is 10.6 Å². The van der Waals surface area contributed by atoms with Gasteiger partial charge in [-0.2, -0.15) is 0 Å². The van der Waals surface area contributed by atoms with Gasteiger partial charge in [-0.15, -0.1) is 35.7 Å². The van der Waals surface area contributed by atoms with Crippen LogP contribution in [0.15, 0.2) is 77.1 Å². The lowest BCUT2D eigenvalue weighted by Crippen LogP contribution is -2.37. The van der Waals surface area contributed by atoms with E-state index in [9.17, 15) is 4.39 Å². The first-order chi connectivity index (χ1) is 14.2. The van der Waals surface area contributed by atoms with E-state index in [1.165, 1.54) is 23.3 Å². The summed E-state index contributed by atoms with van der Waals surface area (Å²) in [5, 5.41) is 6.67. The fraction of sp³-hybridized carbons (Fsp3) is 0.273. The maximum Gasteiger partial charge on any atom is 0.191 e. The van der Waals surface area contributed by atoms with Gasteiger partial charge in [0.2, 0.25) is 0 Å². The van der Waals surface area contributed by atoms with Crippen LogP contribution in [0.2, 0.25) is 0 Å². The maximum absolute atomic E-state index is 12.9. The summed E-state index contributed by atoms with van der Waals surface area (Å²) in [7, 11) is 1.77. The van der Waals surface area contributed by atoms with E-state index >= 15 is 0 Å². The van der Waals surface area contributed by atoms with Crippen molar-refractivity contribution >= 4 is 41.7 Å². The van der Waals surface area contributed by atoms with Crippen molar-refractivity contribution in [3.05, 3.63) is 84.2 Å². The molecule has 3 rings (SSSR count). The van der Waals surface area contributed by atoms with Crippen LogP contribution in [0.4, 0.5) is 4.39 Å². The molecule has 0 radical (unpaired) electrons. The Labute approximate surface area is 198 Å². The fourth-order valence-corrected chi connectivity index (χ4v) is 3.61. The molecule has 0 fully saturated rings. The number of aromatic nitrogens is 2. The molecule has 2 aromatic carbocycles. The van der Waals surface area contributed by atoms with E-state index in [1.807, 2.05) is 29.2 Å². The molecule has 0 saturated heterocycles. The summed E-state index contributed by atoms with van der Waals surface area (Å²) in [4.78, 5) is 9.43. The second-order valence-electron chi connectivity index (χ2n) is 6.56. The van der Waals surface area contributed by atoms with Crippen LogP contribution in [0.1, 0.15) is 17.5 Å². The Morgan fingerprint density at radius 3 is 2.47 bits per heavy atom. The van der Waals surface area contributed by atoms with Gasteiger partial charge in [0, 0.05) is 44.0 Å². The summed E-state index contributed by atoms with van der Waals surface area (Å²) in [5.74, 6) is 1.56. The zero-order valence-corrected chi connectivity index (χ0v) is 20.1. The van der Waals surface area contributed by atoms with Crippen LogP contribution >= 0.6 is 35.7 Å². The van der Waals surface area contributed by atoms with Crippen molar-refractivity contribution in [2.45, 2.75) is 24.4 Å². The third-order valence-corrected chi connectivity index (χ3v) is 5.43. The lowest BCUT2D eigenvalue weighted by Gasteiger charge is -2.12. The number of rotatable bonds is 9. The molecular weight excluding hydrogens is 512 g/mol. The third kappa shape index (κ3) is 8.35. The van der Waals surface area contributed by atoms with Gasteiger partial charge in [0.1, 0.15) is 5.82 Å². The second-order valence-corrected chi connectivity index (χ2v) is 7.73. The molecule has 0 aliphatic carbocycles. The van der Waals surface area contributed by atoms with Gasteiger partial charge in [-0.25, -0.2) is 9.37 Å². The number of nitrogens with one attached hydrogen (secondary N) is 2. The highest BCUT2D eigenvalue weighted by Crippen LogP contribution is 2.18. The predicted molar refractivity (Wildman–Crippen MR) is 133 cm³/mol. The average molecular weight is 539 g/mol. The molecule has 8 heteroatoms. The van der Waals surface area contributed by atoms with Crippen LogP contribution in [-0.4, -0.2) is 34.9 Å². The number of aliphatic imine (C=N–C) groups is 1. The van der Waals surface area contributed by atoms with Gasteiger partial charge in [-0.05, 0) is 47.6 Å². The van der Waals surface area contributed by atoms with E-state index in [-0.39, 0.29) is 29.8 Å². The Bertz CT molecular complexity index is 883. The lowest BCUT2D eigenvalue weighted by atomic mass is 10.1. The molecule has 0 bridgehead atoms. The first-order valence-electron chi connectivity index (χ1n) is 9.59. The Hall–Kier alpha value is -2.07. The largest absolute Gasteiger partial charge is 0.356 e. The summed E-state index contributed by atoms with van der Waals surface area (Å²) in [6.07, 6.45) is 6.57. The Morgan fingerprint density at radius 1 is 1.07 bits per heavy atom. The van der Waals surface area contributed by atoms with Crippen molar-refractivity contribution in [3.8, 4) is 0 Å². The smallest absolute Gasteiger partial charge is 0.191 e. The molecule has 0 unspecified atom stereocenters. The molecule has 0 aliphatic rings. The number of hydrogen-bond acceptors (Lipinski definition) is 3. The first-order valence-corrected chi connectivity index (χ1v) is 10.6. The molecule has 0 spiro atoms. The highest BCUT2D eigenvalue weighted by Gasteiger charge is 2.00. The van der Waals surface area contributed by atoms with Gasteiger partial charge in [-0.1, -0.05) is 24.3 Å². The van der Waals surface area contributed by atoms with Gasteiger partial charge >= 0.3 is 0 Å². The van der Waals surface area contributed by atoms with Crippen molar-refractivity contribution in [2.75, 3.05) is 19.3 Å². The Morgan fingerprint density at radius 2 is 1.80 bits per heavy atom. The summed E-state index contributed by atoms with van der Waals surface area (Å²) in [6, 6.07) is 15.2. The number of benzene rings is 2. The van der Waals surface area contributed by atoms with E-state index in [0.29, 0.717) is 0 Å². The minimum Gasteiger partial charge on any atom is -0.356 e. The molecule has 0 atom stereocenters. The molecule has 0 saturated carbocycles. The predicted octanol–water partition coefficient (Wildman–Crippen LogP) is 4.54. The quantitative estimate of drug-likeness (QED) is 0.138. The molecule has 160 valence electrons. The minimum atomic E-state index is -0.196.